The summed E-state index contributed by atoms with van der Waals surface area (Å²) >= 11 is 0. The Bertz CT molecular complexity index is 853. The van der Waals surface area contributed by atoms with Crippen molar-refractivity contribution in [1.29, 1.82) is 0 Å². The molecule has 4 atom stereocenters. The predicted octanol–water partition coefficient (Wildman–Crippen LogP) is -1.58. The number of aliphatic hydroxyl groups excluding tert-OH is 1. The van der Waals surface area contributed by atoms with Crippen molar-refractivity contribution in [2.75, 3.05) is 46.7 Å². The molecule has 4 N–H and O–H groups in total. The number of hydrogen-bond acceptors (Lipinski definition) is 10. The Morgan fingerprint density at radius 2 is 2.07 bits per heavy atom. The molecule has 0 saturated carbocycles. The Morgan fingerprint density at radius 3 is 2.73 bits per heavy atom. The zero-order chi connectivity index (χ0) is 21.6. The molecule has 0 aromatic rings. The van der Waals surface area contributed by atoms with E-state index in [9.17, 15) is 14.4 Å². The molecule has 3 heterocycles. The number of nitrogens with two attached hydrogens (primary N) is 1. The van der Waals surface area contributed by atoms with Crippen molar-refractivity contribution < 1.29 is 38.4 Å². The zero-order valence-electron chi connectivity index (χ0n) is 16.8. The van der Waals surface area contributed by atoms with Crippen LogP contribution in [0, 0.1) is 5.92 Å². The number of rotatable bonds is 9. The summed E-state index contributed by atoms with van der Waals surface area (Å²) in [5.41, 5.74) is 4.83. The minimum Gasteiger partial charge on any atom is -0.487 e. The number of ether oxygens (including phenoxy) is 4. The highest BCUT2D eigenvalue weighted by Crippen LogP contribution is 2.55. The summed E-state index contributed by atoms with van der Waals surface area (Å²) in [5, 5.41) is 12.1. The molecule has 0 spiro atoms. The lowest BCUT2D eigenvalue weighted by molar-refractivity contribution is -0.137. The molecule has 0 aromatic carbocycles. The highest BCUT2D eigenvalue weighted by atomic mass is 16.6. The second kappa shape index (κ2) is 7.65. The fourth-order valence-corrected chi connectivity index (χ4v) is 4.81. The SMILES string of the molecule is CO[C@@]12C(COC(N)=O)C3=C(C(=O)C(C)=C(OCCOCCO)C3=O)N1CC1NC12. The van der Waals surface area contributed by atoms with Gasteiger partial charge in [0.25, 0.3) is 0 Å². The van der Waals surface area contributed by atoms with Crippen molar-refractivity contribution in [3.05, 3.63) is 22.6 Å². The van der Waals surface area contributed by atoms with Crippen LogP contribution in [-0.2, 0) is 28.5 Å². The standard InChI is InChI=1S/C19H25N3O8/c1-9-14(24)13-12(15(25)16(9)29-6-5-28-4-3-23)10(8-30-18(20)26)19(27-2)17-11(21-17)7-22(13)19/h10-11,17,21,23H,3-8H2,1-2H3,(H2,20,26)/t10?,11?,17?,19-/m1/s1. The lowest BCUT2D eigenvalue weighted by atomic mass is 9.83. The van der Waals surface area contributed by atoms with Gasteiger partial charge >= 0.3 is 6.09 Å². The van der Waals surface area contributed by atoms with Crippen LogP contribution in [0.15, 0.2) is 22.6 Å². The van der Waals surface area contributed by atoms with E-state index in [0.29, 0.717) is 6.54 Å². The van der Waals surface area contributed by atoms with Crippen molar-refractivity contribution in [3.8, 4) is 0 Å². The average molecular weight is 423 g/mol. The summed E-state index contributed by atoms with van der Waals surface area (Å²) in [6.07, 6.45) is -0.973. The monoisotopic (exact) mass is 423 g/mol. The second-order valence-electron chi connectivity index (χ2n) is 7.56. The lowest BCUT2D eigenvalue weighted by Gasteiger charge is -2.39. The summed E-state index contributed by atoms with van der Waals surface area (Å²) in [6.45, 7) is 2.07. The van der Waals surface area contributed by atoms with Crippen LogP contribution in [0.5, 0.6) is 0 Å². The molecular formula is C19H25N3O8. The van der Waals surface area contributed by atoms with Crippen LogP contribution in [0.3, 0.4) is 0 Å². The number of allylic oxidation sites excluding steroid dienone is 2. The summed E-state index contributed by atoms with van der Waals surface area (Å²) in [4.78, 5) is 39.7. The van der Waals surface area contributed by atoms with Crippen molar-refractivity contribution in [2.24, 2.45) is 11.7 Å². The molecule has 1 aliphatic carbocycles. The van der Waals surface area contributed by atoms with Gasteiger partial charge in [-0.3, -0.25) is 9.59 Å². The lowest BCUT2D eigenvalue weighted by Crippen LogP contribution is -2.55. The van der Waals surface area contributed by atoms with Gasteiger partial charge in [-0.1, -0.05) is 0 Å². The first-order valence-electron chi connectivity index (χ1n) is 9.75. The van der Waals surface area contributed by atoms with Crippen molar-refractivity contribution in [1.82, 2.24) is 10.2 Å². The number of carbonyl (C=O) groups is 3. The number of aliphatic hydroxyl groups is 1. The number of primary amides is 1. The fraction of sp³-hybridized carbons (Fsp3) is 0.632. The molecule has 0 radical (unpaired) electrons. The van der Waals surface area contributed by atoms with E-state index in [1.807, 2.05) is 4.90 Å². The normalized spacial score (nSPS) is 31.7. The molecule has 11 heteroatoms. The van der Waals surface area contributed by atoms with Gasteiger partial charge in [0, 0.05) is 30.8 Å². The second-order valence-corrected chi connectivity index (χ2v) is 7.56. The predicted molar refractivity (Wildman–Crippen MR) is 99.8 cm³/mol. The number of nitrogens with one attached hydrogen (secondary N) is 1. The first-order chi connectivity index (χ1) is 14.4. The summed E-state index contributed by atoms with van der Waals surface area (Å²) < 4.78 is 21.7. The van der Waals surface area contributed by atoms with Gasteiger partial charge in [-0.2, -0.15) is 0 Å². The van der Waals surface area contributed by atoms with E-state index in [0.717, 1.165) is 0 Å². The molecule has 4 aliphatic rings. The molecule has 11 nitrogen and oxygen atoms in total. The topological polar surface area (TPSA) is 160 Å². The number of hydrogen-bond donors (Lipinski definition) is 3. The molecule has 2 fully saturated rings. The number of amides is 1. The molecule has 0 aromatic heterocycles. The van der Waals surface area contributed by atoms with E-state index in [4.69, 9.17) is 29.8 Å². The van der Waals surface area contributed by atoms with E-state index in [1.165, 1.54) is 7.11 Å². The van der Waals surface area contributed by atoms with E-state index < -0.39 is 23.5 Å². The number of fused-ring (bicyclic) bond motifs is 4. The molecule has 3 unspecified atom stereocenters. The number of nitrogens with zero attached hydrogens (tertiary/aromatic N) is 1. The smallest absolute Gasteiger partial charge is 0.404 e. The number of piperazine rings is 1. The summed E-state index contributed by atoms with van der Waals surface area (Å²) in [5.74, 6) is -1.52. The fourth-order valence-electron chi connectivity index (χ4n) is 4.81. The van der Waals surface area contributed by atoms with Crippen molar-refractivity contribution >= 4 is 17.7 Å². The van der Waals surface area contributed by atoms with E-state index >= 15 is 0 Å². The van der Waals surface area contributed by atoms with Gasteiger partial charge in [0.1, 0.15) is 13.2 Å². The summed E-state index contributed by atoms with van der Waals surface area (Å²) in [6, 6.07) is 0.0234. The first-order valence-corrected chi connectivity index (χ1v) is 9.75. The van der Waals surface area contributed by atoms with E-state index in [2.05, 4.69) is 5.32 Å². The molecule has 3 aliphatic heterocycles. The third-order valence-electron chi connectivity index (χ3n) is 6.08. The minimum atomic E-state index is -1.02. The first kappa shape index (κ1) is 20.8. The Hall–Kier alpha value is -2.47. The van der Waals surface area contributed by atoms with Crippen molar-refractivity contribution in [2.45, 2.75) is 24.7 Å². The van der Waals surface area contributed by atoms with Gasteiger partial charge in [0.05, 0.1) is 37.5 Å². The Balaban J connectivity index is 1.64. The molecule has 4 rings (SSSR count). The maximum Gasteiger partial charge on any atom is 0.404 e. The molecular weight excluding hydrogens is 398 g/mol. The quantitative estimate of drug-likeness (QED) is 0.224. The van der Waals surface area contributed by atoms with Gasteiger partial charge in [-0.05, 0) is 6.92 Å². The van der Waals surface area contributed by atoms with Gasteiger partial charge in [-0.25, -0.2) is 4.79 Å². The Morgan fingerprint density at radius 1 is 1.30 bits per heavy atom. The number of methoxy groups -OCH3 is 1. The molecule has 1 amide bonds. The van der Waals surface area contributed by atoms with Crippen LogP contribution in [0.1, 0.15) is 6.92 Å². The average Bonchev–Trinajstić information content (AvgIpc) is 3.33. The molecule has 2 saturated heterocycles. The van der Waals surface area contributed by atoms with Crippen LogP contribution in [0.2, 0.25) is 0 Å². The van der Waals surface area contributed by atoms with Crippen LogP contribution in [0.4, 0.5) is 4.79 Å². The number of ketones is 2. The van der Waals surface area contributed by atoms with Crippen LogP contribution in [-0.4, -0.2) is 92.2 Å². The molecule has 0 bridgehead atoms. The highest BCUT2D eigenvalue weighted by molar-refractivity contribution is 6.25. The Kier molecular flexibility index (Phi) is 5.30. The van der Waals surface area contributed by atoms with Crippen LogP contribution >= 0.6 is 0 Å². The third-order valence-corrected chi connectivity index (χ3v) is 6.08. The number of Topliss-reactive ketones (excluding diaryl/α,β-unsaturated/α-hetero) is 2. The summed E-state index contributed by atoms with van der Waals surface area (Å²) in [7, 11) is 1.51. The van der Waals surface area contributed by atoms with Crippen molar-refractivity contribution in [3.63, 3.8) is 0 Å². The largest absolute Gasteiger partial charge is 0.487 e. The zero-order valence-corrected chi connectivity index (χ0v) is 16.8. The van der Waals surface area contributed by atoms with Gasteiger partial charge in [0.15, 0.2) is 11.5 Å². The van der Waals surface area contributed by atoms with E-state index in [1.54, 1.807) is 6.92 Å². The van der Waals surface area contributed by atoms with Crippen LogP contribution in [0.25, 0.3) is 0 Å². The van der Waals surface area contributed by atoms with Gasteiger partial charge in [0.2, 0.25) is 11.6 Å². The molecule has 164 valence electrons. The van der Waals surface area contributed by atoms with E-state index in [-0.39, 0.29) is 73.5 Å². The third kappa shape index (κ3) is 2.92. The Labute approximate surface area is 172 Å². The maximum atomic E-state index is 13.4. The minimum absolute atomic E-state index is 0.0438. The molecule has 30 heavy (non-hydrogen) atoms. The van der Waals surface area contributed by atoms with Crippen LogP contribution < -0.4 is 11.1 Å². The number of carbonyl (C=O) groups excluding carboxylic acids is 3. The highest BCUT2D eigenvalue weighted by Gasteiger charge is 2.72. The van der Waals surface area contributed by atoms with Gasteiger partial charge < -0.3 is 40.0 Å². The maximum absolute atomic E-state index is 13.4. The van der Waals surface area contributed by atoms with Gasteiger partial charge in [-0.15, -0.1) is 0 Å².